The zero-order chi connectivity index (χ0) is 13.8. The normalized spacial score (nSPS) is 10.1. The van der Waals surface area contributed by atoms with Crippen molar-refractivity contribution in [2.45, 2.75) is 0 Å². The van der Waals surface area contributed by atoms with Gasteiger partial charge in [0.05, 0.1) is 19.8 Å². The van der Waals surface area contributed by atoms with Gasteiger partial charge in [-0.2, -0.15) is 0 Å². The smallest absolute Gasteiger partial charge is 0.338 e. The van der Waals surface area contributed by atoms with Gasteiger partial charge in [-0.25, -0.2) is 9.18 Å². The lowest BCUT2D eigenvalue weighted by Gasteiger charge is -2.10. The van der Waals surface area contributed by atoms with Gasteiger partial charge >= 0.3 is 5.97 Å². The highest BCUT2D eigenvalue weighted by Crippen LogP contribution is 2.28. The highest BCUT2D eigenvalue weighted by molar-refractivity contribution is 5.97. The van der Waals surface area contributed by atoms with Gasteiger partial charge < -0.3 is 9.47 Å². The number of carbonyl (C=O) groups is 1. The van der Waals surface area contributed by atoms with E-state index in [-0.39, 0.29) is 11.1 Å². The van der Waals surface area contributed by atoms with E-state index in [1.807, 2.05) is 0 Å². The lowest BCUT2D eigenvalue weighted by molar-refractivity contribution is 0.0601. The summed E-state index contributed by atoms with van der Waals surface area (Å²) in [6.45, 7) is 0. The van der Waals surface area contributed by atoms with Crippen LogP contribution < -0.4 is 4.74 Å². The van der Waals surface area contributed by atoms with Crippen molar-refractivity contribution in [2.24, 2.45) is 0 Å². The fraction of sp³-hybridized carbons (Fsp3) is 0.133. The van der Waals surface area contributed by atoms with Gasteiger partial charge in [0, 0.05) is 5.56 Å². The van der Waals surface area contributed by atoms with Crippen LogP contribution in [0.25, 0.3) is 11.1 Å². The quantitative estimate of drug-likeness (QED) is 0.794. The highest BCUT2D eigenvalue weighted by atomic mass is 19.1. The fourth-order valence-electron chi connectivity index (χ4n) is 1.86. The lowest BCUT2D eigenvalue weighted by Crippen LogP contribution is -2.05. The van der Waals surface area contributed by atoms with E-state index in [1.54, 1.807) is 31.4 Å². The topological polar surface area (TPSA) is 35.5 Å². The molecule has 0 saturated carbocycles. The second-order valence-electron chi connectivity index (χ2n) is 3.88. The summed E-state index contributed by atoms with van der Waals surface area (Å²) >= 11 is 0. The molecule has 0 heterocycles. The van der Waals surface area contributed by atoms with Crippen molar-refractivity contribution in [1.82, 2.24) is 0 Å². The lowest BCUT2D eigenvalue weighted by atomic mass is 9.99. The standard InChI is InChI=1S/C15H13FO3/c1-18-11-8-6-10(7-9-11)14-12(15(17)19-2)4-3-5-13(14)16/h3-9H,1-2H3. The summed E-state index contributed by atoms with van der Waals surface area (Å²) in [7, 11) is 2.82. The molecule has 0 bridgehead atoms. The SMILES string of the molecule is COC(=O)c1cccc(F)c1-c1ccc(OC)cc1. The summed E-state index contributed by atoms with van der Waals surface area (Å²) in [5.74, 6) is -0.363. The molecule has 0 N–H and O–H groups in total. The second kappa shape index (κ2) is 5.52. The molecule has 0 aromatic heterocycles. The highest BCUT2D eigenvalue weighted by Gasteiger charge is 2.17. The van der Waals surface area contributed by atoms with E-state index in [0.29, 0.717) is 11.3 Å². The van der Waals surface area contributed by atoms with Crippen LogP contribution in [0.15, 0.2) is 42.5 Å². The van der Waals surface area contributed by atoms with E-state index in [4.69, 9.17) is 4.74 Å². The number of rotatable bonds is 3. The molecule has 0 atom stereocenters. The number of carbonyl (C=O) groups excluding carboxylic acids is 1. The predicted molar refractivity (Wildman–Crippen MR) is 69.7 cm³/mol. The molecule has 98 valence electrons. The van der Waals surface area contributed by atoms with E-state index >= 15 is 0 Å². The van der Waals surface area contributed by atoms with Crippen LogP contribution in [0, 0.1) is 5.82 Å². The molecule has 0 spiro atoms. The molecule has 2 aromatic carbocycles. The number of esters is 1. The van der Waals surface area contributed by atoms with Crippen LogP contribution in [0.2, 0.25) is 0 Å². The molecule has 2 aromatic rings. The first-order valence-electron chi connectivity index (χ1n) is 5.68. The summed E-state index contributed by atoms with van der Waals surface area (Å²) in [4.78, 5) is 11.7. The minimum Gasteiger partial charge on any atom is -0.497 e. The van der Waals surface area contributed by atoms with Gasteiger partial charge in [-0.1, -0.05) is 18.2 Å². The van der Waals surface area contributed by atoms with Crippen molar-refractivity contribution in [2.75, 3.05) is 14.2 Å². The van der Waals surface area contributed by atoms with Gasteiger partial charge in [0.1, 0.15) is 11.6 Å². The van der Waals surface area contributed by atoms with Gasteiger partial charge in [-0.15, -0.1) is 0 Å². The van der Waals surface area contributed by atoms with Crippen LogP contribution in [-0.4, -0.2) is 20.2 Å². The summed E-state index contributed by atoms with van der Waals surface area (Å²) in [6.07, 6.45) is 0. The van der Waals surface area contributed by atoms with Crippen LogP contribution in [0.1, 0.15) is 10.4 Å². The first-order valence-corrected chi connectivity index (χ1v) is 5.68. The van der Waals surface area contributed by atoms with E-state index < -0.39 is 11.8 Å². The summed E-state index contributed by atoms with van der Waals surface area (Å²) in [5, 5.41) is 0. The molecule has 0 amide bonds. The van der Waals surface area contributed by atoms with Gasteiger partial charge in [-0.05, 0) is 29.8 Å². The largest absolute Gasteiger partial charge is 0.497 e. The van der Waals surface area contributed by atoms with E-state index in [9.17, 15) is 9.18 Å². The number of hydrogen-bond acceptors (Lipinski definition) is 3. The van der Waals surface area contributed by atoms with Gasteiger partial charge in [0.15, 0.2) is 0 Å². The monoisotopic (exact) mass is 260 g/mol. The summed E-state index contributed by atoms with van der Waals surface area (Å²) < 4.78 is 23.7. The molecule has 2 rings (SSSR count). The zero-order valence-corrected chi connectivity index (χ0v) is 10.6. The number of ether oxygens (including phenoxy) is 2. The molecule has 0 aliphatic rings. The average Bonchev–Trinajstić information content (AvgIpc) is 2.46. The van der Waals surface area contributed by atoms with Crippen molar-refractivity contribution >= 4 is 5.97 Å². The van der Waals surface area contributed by atoms with Crippen molar-refractivity contribution in [3.05, 3.63) is 53.8 Å². The first kappa shape index (κ1) is 13.1. The average molecular weight is 260 g/mol. The van der Waals surface area contributed by atoms with Crippen molar-refractivity contribution in [3.8, 4) is 16.9 Å². The van der Waals surface area contributed by atoms with Gasteiger partial charge in [-0.3, -0.25) is 0 Å². The Morgan fingerprint density at radius 2 is 1.74 bits per heavy atom. The van der Waals surface area contributed by atoms with Crippen LogP contribution in [0.5, 0.6) is 5.75 Å². The molecule has 3 nitrogen and oxygen atoms in total. The van der Waals surface area contributed by atoms with Crippen LogP contribution in [0.4, 0.5) is 4.39 Å². The van der Waals surface area contributed by atoms with E-state index in [2.05, 4.69) is 4.74 Å². The Balaban J connectivity index is 2.56. The maximum absolute atomic E-state index is 14.0. The van der Waals surface area contributed by atoms with Crippen molar-refractivity contribution in [1.29, 1.82) is 0 Å². The minimum atomic E-state index is -0.565. The van der Waals surface area contributed by atoms with Gasteiger partial charge in [0.2, 0.25) is 0 Å². The maximum Gasteiger partial charge on any atom is 0.338 e. The molecule has 19 heavy (non-hydrogen) atoms. The van der Waals surface area contributed by atoms with Crippen molar-refractivity contribution in [3.63, 3.8) is 0 Å². The third-order valence-electron chi connectivity index (χ3n) is 2.80. The molecule has 0 aliphatic heterocycles. The minimum absolute atomic E-state index is 0.202. The molecule has 4 heteroatoms. The molecular formula is C15H13FO3. The maximum atomic E-state index is 14.0. The van der Waals surface area contributed by atoms with Gasteiger partial charge in [0.25, 0.3) is 0 Å². The van der Waals surface area contributed by atoms with Crippen LogP contribution in [0.3, 0.4) is 0 Å². The second-order valence-corrected chi connectivity index (χ2v) is 3.88. The Morgan fingerprint density at radius 3 is 2.32 bits per heavy atom. The fourth-order valence-corrected chi connectivity index (χ4v) is 1.86. The zero-order valence-electron chi connectivity index (χ0n) is 10.6. The van der Waals surface area contributed by atoms with Crippen LogP contribution >= 0.6 is 0 Å². The Kier molecular flexibility index (Phi) is 3.80. The Labute approximate surface area is 110 Å². The molecule has 0 saturated heterocycles. The number of methoxy groups -OCH3 is 2. The molecule has 0 radical (unpaired) electrons. The summed E-state index contributed by atoms with van der Waals surface area (Å²) in [6, 6.07) is 11.1. The Bertz CT molecular complexity index is 591. The molecule has 0 aliphatic carbocycles. The summed E-state index contributed by atoms with van der Waals surface area (Å²) in [5.41, 5.74) is 1.03. The van der Waals surface area contributed by atoms with E-state index in [1.165, 1.54) is 25.3 Å². The third kappa shape index (κ3) is 2.57. The first-order chi connectivity index (χ1) is 9.17. The Morgan fingerprint density at radius 1 is 1.05 bits per heavy atom. The number of hydrogen-bond donors (Lipinski definition) is 0. The number of halogens is 1. The van der Waals surface area contributed by atoms with Crippen LogP contribution in [-0.2, 0) is 4.74 Å². The Hall–Kier alpha value is -2.36. The van der Waals surface area contributed by atoms with Crippen molar-refractivity contribution < 1.29 is 18.7 Å². The molecule has 0 unspecified atom stereocenters. The predicted octanol–water partition coefficient (Wildman–Crippen LogP) is 3.29. The van der Waals surface area contributed by atoms with E-state index in [0.717, 1.165) is 0 Å². The number of benzene rings is 2. The molecular weight excluding hydrogens is 247 g/mol. The molecule has 0 fully saturated rings. The third-order valence-corrected chi connectivity index (χ3v) is 2.80.